The smallest absolute Gasteiger partial charge is 0.271 e. The van der Waals surface area contributed by atoms with Crippen molar-refractivity contribution in [1.29, 1.82) is 0 Å². The van der Waals surface area contributed by atoms with E-state index in [9.17, 15) is 9.59 Å². The number of rotatable bonds is 6. The number of hydrogen-bond donors (Lipinski definition) is 1. The van der Waals surface area contributed by atoms with E-state index < -0.39 is 5.54 Å². The van der Waals surface area contributed by atoms with Crippen molar-refractivity contribution in [3.05, 3.63) is 22.7 Å². The van der Waals surface area contributed by atoms with Crippen LogP contribution in [0.15, 0.2) is 12.1 Å². The lowest BCUT2D eigenvalue weighted by molar-refractivity contribution is -0.133. The van der Waals surface area contributed by atoms with Crippen molar-refractivity contribution in [2.24, 2.45) is 0 Å². The maximum atomic E-state index is 14.0. The molecule has 0 unspecified atom stereocenters. The van der Waals surface area contributed by atoms with Crippen molar-refractivity contribution in [2.45, 2.75) is 103 Å². The first kappa shape index (κ1) is 24.8. The van der Waals surface area contributed by atoms with Crippen LogP contribution in [0.1, 0.15) is 93.4 Å². The predicted octanol–water partition coefficient (Wildman–Crippen LogP) is 5.19. The molecule has 7 heteroatoms. The molecule has 2 aliphatic heterocycles. The van der Waals surface area contributed by atoms with Crippen LogP contribution in [0.3, 0.4) is 0 Å². The Bertz CT molecular complexity index is 1040. The Morgan fingerprint density at radius 2 is 1.71 bits per heavy atom. The molecule has 192 valence electrons. The zero-order valence-corrected chi connectivity index (χ0v) is 22.4. The number of hydrogen-bond acceptors (Lipinski definition) is 4. The molecule has 2 amide bonds. The summed E-state index contributed by atoms with van der Waals surface area (Å²) in [5, 5.41) is 3.40. The number of likely N-dealkylation sites (tertiary alicyclic amines) is 1. The van der Waals surface area contributed by atoms with E-state index in [1.54, 1.807) is 11.3 Å². The summed E-state index contributed by atoms with van der Waals surface area (Å²) in [4.78, 5) is 33.6. The number of fused-ring (bicyclic) bond motifs is 3. The van der Waals surface area contributed by atoms with Crippen LogP contribution < -0.4 is 5.32 Å². The Morgan fingerprint density at radius 3 is 2.40 bits per heavy atom. The van der Waals surface area contributed by atoms with Gasteiger partial charge in [0.1, 0.15) is 11.2 Å². The number of aryl methyl sites for hydroxylation is 1. The summed E-state index contributed by atoms with van der Waals surface area (Å²) in [6.07, 6.45) is 13.0. The summed E-state index contributed by atoms with van der Waals surface area (Å²) < 4.78 is 3.29. The molecule has 1 aliphatic carbocycles. The summed E-state index contributed by atoms with van der Waals surface area (Å²) in [6.45, 7) is 8.33. The molecule has 6 nitrogen and oxygen atoms in total. The van der Waals surface area contributed by atoms with Crippen LogP contribution in [0, 0.1) is 0 Å². The average Bonchev–Trinajstić information content (AvgIpc) is 3.12. The van der Waals surface area contributed by atoms with Gasteiger partial charge in [0, 0.05) is 24.0 Å². The molecule has 2 fully saturated rings. The minimum Gasteiger partial charge on any atom is -0.351 e. The van der Waals surface area contributed by atoms with Crippen molar-refractivity contribution in [3.63, 3.8) is 0 Å². The largest absolute Gasteiger partial charge is 0.351 e. The maximum Gasteiger partial charge on any atom is 0.271 e. The molecule has 2 aromatic rings. The van der Waals surface area contributed by atoms with Crippen LogP contribution in [-0.4, -0.2) is 63.9 Å². The van der Waals surface area contributed by atoms with Crippen LogP contribution in [0.4, 0.5) is 0 Å². The molecule has 1 saturated carbocycles. The summed E-state index contributed by atoms with van der Waals surface area (Å²) in [6, 6.07) is 4.50. The number of thiophene rings is 1. The summed E-state index contributed by atoms with van der Waals surface area (Å²) in [5.74, 6) is 0.0260. The fraction of sp³-hybridized carbons (Fsp3) is 0.714. The standard InChI is InChI=1S/C28H42N4O2S/c1-3-22-18-23-25(35-22)19-24-26(33)32(17-16-30-14-10-6-7-11-15-30)28(2,20-31(23)24)27(34)29-21-12-8-4-5-9-13-21/h18-19,21H,3-17,20H2,1-2H3,(H,29,34)/t28-/m0/s1. The molecule has 2 aromatic heterocycles. The van der Waals surface area contributed by atoms with E-state index in [1.807, 2.05) is 11.8 Å². The highest BCUT2D eigenvalue weighted by Gasteiger charge is 2.48. The number of carbonyl (C=O) groups is 2. The van der Waals surface area contributed by atoms with Gasteiger partial charge in [-0.25, -0.2) is 0 Å². The highest BCUT2D eigenvalue weighted by atomic mass is 32.1. The lowest BCUT2D eigenvalue weighted by Gasteiger charge is -2.45. The van der Waals surface area contributed by atoms with E-state index in [4.69, 9.17) is 0 Å². The molecule has 3 aliphatic rings. The number of amides is 2. The molecule has 1 atom stereocenters. The molecule has 0 aromatic carbocycles. The zero-order chi connectivity index (χ0) is 24.4. The number of aromatic nitrogens is 1. The van der Waals surface area contributed by atoms with Gasteiger partial charge < -0.3 is 19.7 Å². The number of nitrogens with one attached hydrogen (secondary N) is 1. The molecule has 35 heavy (non-hydrogen) atoms. The molecule has 1 N–H and O–H groups in total. The summed E-state index contributed by atoms with van der Waals surface area (Å²) in [5.41, 5.74) is 0.961. The Morgan fingerprint density at radius 1 is 1.03 bits per heavy atom. The van der Waals surface area contributed by atoms with Gasteiger partial charge in [-0.2, -0.15) is 0 Å². The molecular weight excluding hydrogens is 456 g/mol. The number of carbonyl (C=O) groups excluding carboxylic acids is 2. The van der Waals surface area contributed by atoms with Gasteiger partial charge in [0.05, 0.1) is 16.8 Å². The first-order chi connectivity index (χ1) is 17.0. The zero-order valence-electron chi connectivity index (χ0n) is 21.6. The monoisotopic (exact) mass is 498 g/mol. The van der Waals surface area contributed by atoms with Crippen LogP contribution in [0.2, 0.25) is 0 Å². The van der Waals surface area contributed by atoms with Crippen molar-refractivity contribution < 1.29 is 9.59 Å². The first-order valence-corrected chi connectivity index (χ1v) is 14.8. The average molecular weight is 499 g/mol. The van der Waals surface area contributed by atoms with Gasteiger partial charge in [-0.1, -0.05) is 45.4 Å². The van der Waals surface area contributed by atoms with Gasteiger partial charge in [0.25, 0.3) is 5.91 Å². The molecule has 1 saturated heterocycles. The van der Waals surface area contributed by atoms with Crippen LogP contribution >= 0.6 is 11.3 Å². The highest BCUT2D eigenvalue weighted by molar-refractivity contribution is 7.19. The normalized spacial score (nSPS) is 24.9. The Balaban J connectivity index is 1.43. The Labute approximate surface area is 214 Å². The van der Waals surface area contributed by atoms with Gasteiger partial charge >= 0.3 is 0 Å². The summed E-state index contributed by atoms with van der Waals surface area (Å²) in [7, 11) is 0. The van der Waals surface area contributed by atoms with Crippen LogP contribution in [0.25, 0.3) is 10.2 Å². The first-order valence-electron chi connectivity index (χ1n) is 14.0. The Kier molecular flexibility index (Phi) is 7.54. The van der Waals surface area contributed by atoms with Gasteiger partial charge in [-0.3, -0.25) is 9.59 Å². The molecule has 0 bridgehead atoms. The van der Waals surface area contributed by atoms with Gasteiger partial charge in [0.15, 0.2) is 0 Å². The minimum atomic E-state index is -0.886. The lowest BCUT2D eigenvalue weighted by atomic mass is 9.93. The van der Waals surface area contributed by atoms with Crippen LogP contribution in [0.5, 0.6) is 0 Å². The van der Waals surface area contributed by atoms with Crippen molar-refractivity contribution in [3.8, 4) is 0 Å². The maximum absolute atomic E-state index is 14.0. The molecular formula is C28H42N4O2S. The van der Waals surface area contributed by atoms with Crippen LogP contribution in [-0.2, 0) is 17.8 Å². The van der Waals surface area contributed by atoms with Crippen molar-refractivity contribution in [2.75, 3.05) is 26.2 Å². The third-order valence-electron chi connectivity index (χ3n) is 8.53. The molecule has 5 rings (SSSR count). The van der Waals surface area contributed by atoms with Gasteiger partial charge in [-0.15, -0.1) is 11.3 Å². The van der Waals surface area contributed by atoms with Crippen molar-refractivity contribution in [1.82, 2.24) is 19.7 Å². The van der Waals surface area contributed by atoms with E-state index >= 15 is 0 Å². The SMILES string of the molecule is CCc1cc2c(cc3n2C[C@@](C)(C(=O)NC2CCCCCC2)N(CCN2CCCCCC2)C3=O)s1. The minimum absolute atomic E-state index is 0.00559. The summed E-state index contributed by atoms with van der Waals surface area (Å²) >= 11 is 1.77. The van der Waals surface area contributed by atoms with E-state index in [0.717, 1.165) is 54.8 Å². The number of nitrogens with zero attached hydrogens (tertiary/aromatic N) is 3. The second-order valence-electron chi connectivity index (χ2n) is 11.1. The van der Waals surface area contributed by atoms with E-state index in [-0.39, 0.29) is 17.9 Å². The quantitative estimate of drug-likeness (QED) is 0.558. The molecule has 0 radical (unpaired) electrons. The lowest BCUT2D eigenvalue weighted by Crippen LogP contribution is -2.65. The fourth-order valence-electron chi connectivity index (χ4n) is 6.28. The van der Waals surface area contributed by atoms with Crippen molar-refractivity contribution >= 4 is 33.4 Å². The van der Waals surface area contributed by atoms with E-state index in [0.29, 0.717) is 13.1 Å². The second kappa shape index (κ2) is 10.6. The third-order valence-corrected chi connectivity index (χ3v) is 9.75. The second-order valence-corrected chi connectivity index (χ2v) is 12.2. The van der Waals surface area contributed by atoms with Gasteiger partial charge in [-0.05, 0) is 64.3 Å². The van der Waals surface area contributed by atoms with Gasteiger partial charge in [0.2, 0.25) is 5.91 Å². The molecule has 0 spiro atoms. The predicted molar refractivity (Wildman–Crippen MR) is 143 cm³/mol. The van der Waals surface area contributed by atoms with E-state index in [1.165, 1.54) is 56.2 Å². The Hall–Kier alpha value is -1.86. The van der Waals surface area contributed by atoms with E-state index in [2.05, 4.69) is 33.8 Å². The topological polar surface area (TPSA) is 57.6 Å². The third kappa shape index (κ3) is 5.04. The highest BCUT2D eigenvalue weighted by Crippen LogP contribution is 2.36. The molecule has 4 heterocycles. The fourth-order valence-corrected chi connectivity index (χ4v) is 7.32.